The molecule has 0 aliphatic heterocycles. The Morgan fingerprint density at radius 3 is 2.94 bits per heavy atom. The molecule has 0 fully saturated rings. The number of carbonyl (C=O) groups excluding carboxylic acids is 1. The number of aromatic nitrogens is 1. The predicted octanol–water partition coefficient (Wildman–Crippen LogP) is 2.39. The molecule has 1 aromatic heterocycles. The summed E-state index contributed by atoms with van der Waals surface area (Å²) < 4.78 is 13.3. The van der Waals surface area contributed by atoms with Crippen molar-refractivity contribution in [2.45, 2.75) is 0 Å². The molecular weight excluding hydrogens is 207 g/mol. The van der Waals surface area contributed by atoms with E-state index in [-0.39, 0.29) is 5.56 Å². The van der Waals surface area contributed by atoms with Gasteiger partial charge in [0.2, 0.25) is 0 Å². The molecule has 3 nitrogen and oxygen atoms in total. The minimum absolute atomic E-state index is 0.0109. The van der Waals surface area contributed by atoms with Crippen molar-refractivity contribution < 1.29 is 9.18 Å². The third-order valence-electron chi connectivity index (χ3n) is 2.30. The fourth-order valence-corrected chi connectivity index (χ4v) is 1.59. The van der Waals surface area contributed by atoms with Crippen LogP contribution in [0.3, 0.4) is 0 Å². The first kappa shape index (κ1) is 10.1. The van der Waals surface area contributed by atoms with Crippen LogP contribution in [0.15, 0.2) is 24.4 Å². The highest BCUT2D eigenvalue weighted by Crippen LogP contribution is 2.24. The number of allylic oxidation sites excluding steroid dienone is 1. The van der Waals surface area contributed by atoms with E-state index in [0.29, 0.717) is 11.8 Å². The fourth-order valence-electron chi connectivity index (χ4n) is 1.59. The highest BCUT2D eigenvalue weighted by atomic mass is 19.1. The Hall–Kier alpha value is -2.41. The summed E-state index contributed by atoms with van der Waals surface area (Å²) in [5.74, 6) is -0.553. The molecule has 4 heteroatoms. The number of rotatable bonds is 2. The zero-order chi connectivity index (χ0) is 11.5. The smallest absolute Gasteiger partial charge is 0.143 e. The number of halogens is 1. The van der Waals surface area contributed by atoms with Crippen molar-refractivity contribution in [3.8, 4) is 6.07 Å². The first-order valence-corrected chi connectivity index (χ1v) is 4.59. The third-order valence-corrected chi connectivity index (χ3v) is 2.30. The molecular formula is C12H7FN2O. The molecule has 16 heavy (non-hydrogen) atoms. The van der Waals surface area contributed by atoms with Crippen LogP contribution < -0.4 is 0 Å². The highest BCUT2D eigenvalue weighted by Gasteiger charge is 2.10. The quantitative estimate of drug-likeness (QED) is 0.616. The number of hydrogen-bond acceptors (Lipinski definition) is 2. The summed E-state index contributed by atoms with van der Waals surface area (Å²) in [5.41, 5.74) is 1.19. The largest absolute Gasteiger partial charge is 0.359 e. The van der Waals surface area contributed by atoms with Gasteiger partial charge in [-0.2, -0.15) is 5.26 Å². The molecule has 2 rings (SSSR count). The van der Waals surface area contributed by atoms with Crippen molar-refractivity contribution in [1.82, 2.24) is 4.98 Å². The molecule has 0 saturated carbocycles. The summed E-state index contributed by atoms with van der Waals surface area (Å²) in [7, 11) is 0. The molecule has 0 bridgehead atoms. The standard InChI is InChI=1S/C12H7FN2O/c13-11-4-3-9-8(2-1-5-16)7-15-12(9)10(11)6-14/h1-5,7,15H/b2-1+. The summed E-state index contributed by atoms with van der Waals surface area (Å²) in [5, 5.41) is 9.54. The van der Waals surface area contributed by atoms with Gasteiger partial charge in [-0.25, -0.2) is 4.39 Å². The lowest BCUT2D eigenvalue weighted by Crippen LogP contribution is -1.84. The summed E-state index contributed by atoms with van der Waals surface area (Å²) in [4.78, 5) is 13.0. The van der Waals surface area contributed by atoms with Crippen molar-refractivity contribution in [3.63, 3.8) is 0 Å². The first-order valence-electron chi connectivity index (χ1n) is 4.59. The van der Waals surface area contributed by atoms with Crippen LogP contribution in [0.25, 0.3) is 17.0 Å². The van der Waals surface area contributed by atoms with Crippen LogP contribution in [0.4, 0.5) is 4.39 Å². The van der Waals surface area contributed by atoms with Gasteiger partial charge in [0.05, 0.1) is 5.52 Å². The Kier molecular flexibility index (Phi) is 2.52. The van der Waals surface area contributed by atoms with Gasteiger partial charge in [0.1, 0.15) is 23.7 Å². The van der Waals surface area contributed by atoms with Crippen LogP contribution >= 0.6 is 0 Å². The number of carbonyl (C=O) groups is 1. The summed E-state index contributed by atoms with van der Waals surface area (Å²) in [6.45, 7) is 0. The topological polar surface area (TPSA) is 56.6 Å². The predicted molar refractivity (Wildman–Crippen MR) is 58.1 cm³/mol. The van der Waals surface area contributed by atoms with Gasteiger partial charge in [0.25, 0.3) is 0 Å². The Morgan fingerprint density at radius 2 is 2.25 bits per heavy atom. The molecule has 78 valence electrons. The fraction of sp³-hybridized carbons (Fsp3) is 0. The van der Waals surface area contributed by atoms with Crippen molar-refractivity contribution in [3.05, 3.63) is 41.3 Å². The number of fused-ring (bicyclic) bond motifs is 1. The molecule has 0 spiro atoms. The Bertz CT molecular complexity index is 620. The number of nitriles is 1. The second-order valence-corrected chi connectivity index (χ2v) is 3.20. The minimum Gasteiger partial charge on any atom is -0.359 e. The monoisotopic (exact) mass is 214 g/mol. The Balaban J connectivity index is 2.72. The summed E-state index contributed by atoms with van der Waals surface area (Å²) in [6, 6.07) is 4.63. The average molecular weight is 214 g/mol. The van der Waals surface area contributed by atoms with Gasteiger partial charge in [-0.05, 0) is 29.8 Å². The SMILES string of the molecule is N#Cc1c(F)ccc2c(/C=C/C=O)c[nH]c12. The van der Waals surface area contributed by atoms with Gasteiger partial charge >= 0.3 is 0 Å². The number of H-pyrrole nitrogens is 1. The number of nitrogens with zero attached hydrogens (tertiary/aromatic N) is 1. The van der Waals surface area contributed by atoms with E-state index < -0.39 is 5.82 Å². The molecule has 2 aromatic rings. The summed E-state index contributed by atoms with van der Waals surface area (Å²) in [6.07, 6.45) is 5.24. The molecule has 0 radical (unpaired) electrons. The van der Waals surface area contributed by atoms with Crippen molar-refractivity contribution in [1.29, 1.82) is 5.26 Å². The molecule has 0 atom stereocenters. The van der Waals surface area contributed by atoms with E-state index in [2.05, 4.69) is 4.98 Å². The lowest BCUT2D eigenvalue weighted by molar-refractivity contribution is -0.104. The average Bonchev–Trinajstić information content (AvgIpc) is 2.69. The molecule has 0 unspecified atom stereocenters. The van der Waals surface area contributed by atoms with E-state index in [1.807, 2.05) is 6.07 Å². The summed E-state index contributed by atoms with van der Waals surface area (Å²) >= 11 is 0. The lowest BCUT2D eigenvalue weighted by atomic mass is 10.1. The first-order chi connectivity index (χ1) is 7.77. The Labute approximate surface area is 90.8 Å². The van der Waals surface area contributed by atoms with Crippen molar-refractivity contribution in [2.75, 3.05) is 0 Å². The van der Waals surface area contributed by atoms with E-state index in [1.54, 1.807) is 18.3 Å². The zero-order valence-electron chi connectivity index (χ0n) is 8.20. The minimum atomic E-state index is -0.553. The maximum atomic E-state index is 13.3. The highest BCUT2D eigenvalue weighted by molar-refractivity contribution is 5.93. The van der Waals surface area contributed by atoms with Gasteiger partial charge < -0.3 is 4.98 Å². The van der Waals surface area contributed by atoms with Crippen molar-refractivity contribution in [2.24, 2.45) is 0 Å². The Morgan fingerprint density at radius 1 is 1.44 bits per heavy atom. The van der Waals surface area contributed by atoms with Crippen LogP contribution in [0, 0.1) is 17.1 Å². The van der Waals surface area contributed by atoms with E-state index in [9.17, 15) is 9.18 Å². The van der Waals surface area contributed by atoms with E-state index >= 15 is 0 Å². The van der Waals surface area contributed by atoms with E-state index in [1.165, 1.54) is 12.1 Å². The van der Waals surface area contributed by atoms with Crippen LogP contribution in [0.5, 0.6) is 0 Å². The van der Waals surface area contributed by atoms with Gasteiger partial charge in [-0.1, -0.05) is 0 Å². The maximum Gasteiger partial charge on any atom is 0.143 e. The second-order valence-electron chi connectivity index (χ2n) is 3.20. The number of aromatic amines is 1. The van der Waals surface area contributed by atoms with Crippen molar-refractivity contribution >= 4 is 23.3 Å². The van der Waals surface area contributed by atoms with Gasteiger partial charge in [-0.15, -0.1) is 0 Å². The van der Waals surface area contributed by atoms with E-state index in [0.717, 1.165) is 10.9 Å². The number of aldehydes is 1. The van der Waals surface area contributed by atoms with Crippen LogP contribution in [-0.4, -0.2) is 11.3 Å². The number of hydrogen-bond donors (Lipinski definition) is 1. The van der Waals surface area contributed by atoms with Gasteiger partial charge in [0.15, 0.2) is 0 Å². The van der Waals surface area contributed by atoms with Crippen LogP contribution in [-0.2, 0) is 4.79 Å². The van der Waals surface area contributed by atoms with Gasteiger partial charge in [-0.3, -0.25) is 4.79 Å². The number of nitrogens with one attached hydrogen (secondary N) is 1. The van der Waals surface area contributed by atoms with E-state index in [4.69, 9.17) is 5.26 Å². The molecule has 1 N–H and O–H groups in total. The molecule has 0 amide bonds. The normalized spacial score (nSPS) is 10.8. The molecule has 0 aliphatic rings. The molecule has 0 saturated heterocycles. The third kappa shape index (κ3) is 1.48. The van der Waals surface area contributed by atoms with Crippen LogP contribution in [0.1, 0.15) is 11.1 Å². The molecule has 1 heterocycles. The second kappa shape index (κ2) is 3.99. The van der Waals surface area contributed by atoms with Gasteiger partial charge in [0, 0.05) is 11.6 Å². The maximum absolute atomic E-state index is 13.3. The van der Waals surface area contributed by atoms with Crippen LogP contribution in [0.2, 0.25) is 0 Å². The molecule has 1 aromatic carbocycles. The lowest BCUT2D eigenvalue weighted by Gasteiger charge is -1.96. The number of benzene rings is 1. The molecule has 0 aliphatic carbocycles. The zero-order valence-corrected chi connectivity index (χ0v) is 8.20.